The third-order valence-corrected chi connectivity index (χ3v) is 2.54. The van der Waals surface area contributed by atoms with Crippen molar-refractivity contribution in [2.24, 2.45) is 0 Å². The minimum absolute atomic E-state index is 0.361. The van der Waals surface area contributed by atoms with E-state index in [2.05, 4.69) is 6.92 Å². The van der Waals surface area contributed by atoms with E-state index in [-0.39, 0.29) is 0 Å². The van der Waals surface area contributed by atoms with E-state index in [1.807, 2.05) is 0 Å². The predicted octanol–water partition coefficient (Wildman–Crippen LogP) is 0.609. The lowest BCUT2D eigenvalue weighted by molar-refractivity contribution is -0.963. The normalized spacial score (nSPS) is 22.2. The van der Waals surface area contributed by atoms with Gasteiger partial charge in [-0.05, 0) is 6.42 Å². The zero-order valence-corrected chi connectivity index (χ0v) is 6.84. The number of aliphatic hydroxyl groups is 1. The summed E-state index contributed by atoms with van der Waals surface area (Å²) >= 11 is 0. The van der Waals surface area contributed by atoms with Crippen LogP contribution in [0.15, 0.2) is 0 Å². The highest BCUT2D eigenvalue weighted by atomic mass is 16.3. The van der Waals surface area contributed by atoms with Gasteiger partial charge in [0.2, 0.25) is 0 Å². The zero-order chi connectivity index (χ0) is 7.45. The van der Waals surface area contributed by atoms with Gasteiger partial charge in [-0.2, -0.15) is 0 Å². The Morgan fingerprint density at radius 1 is 1.30 bits per heavy atom. The van der Waals surface area contributed by atoms with Crippen LogP contribution in [0.2, 0.25) is 0 Å². The highest BCUT2D eigenvalue weighted by molar-refractivity contribution is 4.54. The van der Waals surface area contributed by atoms with E-state index in [4.69, 9.17) is 5.11 Å². The van der Waals surface area contributed by atoms with E-state index in [0.29, 0.717) is 6.61 Å². The second-order valence-corrected chi connectivity index (χ2v) is 3.31. The van der Waals surface area contributed by atoms with Gasteiger partial charge in [0.1, 0.15) is 6.54 Å². The predicted molar refractivity (Wildman–Crippen MR) is 41.7 cm³/mol. The van der Waals surface area contributed by atoms with Crippen LogP contribution in [0.25, 0.3) is 0 Å². The third kappa shape index (κ3) is 1.50. The van der Waals surface area contributed by atoms with E-state index in [1.165, 1.54) is 37.0 Å². The molecule has 0 unspecified atom stereocenters. The van der Waals surface area contributed by atoms with Crippen LogP contribution in [0.5, 0.6) is 0 Å². The number of nitrogens with zero attached hydrogens (tertiary/aromatic N) is 1. The molecular formula is C8H18NO+. The summed E-state index contributed by atoms with van der Waals surface area (Å²) in [7, 11) is 0. The van der Waals surface area contributed by atoms with Gasteiger partial charge < -0.3 is 9.59 Å². The molecule has 60 valence electrons. The first kappa shape index (κ1) is 8.02. The monoisotopic (exact) mass is 144 g/mol. The van der Waals surface area contributed by atoms with E-state index in [9.17, 15) is 0 Å². The molecule has 1 aliphatic heterocycles. The van der Waals surface area contributed by atoms with Crippen LogP contribution < -0.4 is 0 Å². The Kier molecular flexibility index (Phi) is 2.69. The molecule has 0 bridgehead atoms. The molecule has 0 aromatic carbocycles. The van der Waals surface area contributed by atoms with Crippen LogP contribution in [0.1, 0.15) is 19.8 Å². The Hall–Kier alpha value is -0.0800. The van der Waals surface area contributed by atoms with Crippen molar-refractivity contribution in [1.82, 2.24) is 0 Å². The Bertz CT molecular complexity index is 91.4. The van der Waals surface area contributed by atoms with Gasteiger partial charge in [-0.3, -0.25) is 0 Å². The maximum Gasteiger partial charge on any atom is 0.102 e. The summed E-state index contributed by atoms with van der Waals surface area (Å²) in [5.41, 5.74) is 0. The molecule has 0 aliphatic carbocycles. The summed E-state index contributed by atoms with van der Waals surface area (Å²) < 4.78 is 1.19. The quantitative estimate of drug-likeness (QED) is 0.573. The van der Waals surface area contributed by atoms with Crippen molar-refractivity contribution in [2.75, 3.05) is 32.8 Å². The SMILES string of the molecule is CCC[N+]1(CCO)CCC1. The van der Waals surface area contributed by atoms with Gasteiger partial charge in [-0.15, -0.1) is 0 Å². The fourth-order valence-electron chi connectivity index (χ4n) is 1.85. The first-order valence-electron chi connectivity index (χ1n) is 4.29. The van der Waals surface area contributed by atoms with E-state index in [0.717, 1.165) is 6.54 Å². The molecule has 1 heterocycles. The van der Waals surface area contributed by atoms with Gasteiger partial charge in [-0.1, -0.05) is 6.92 Å². The van der Waals surface area contributed by atoms with Crippen molar-refractivity contribution in [3.8, 4) is 0 Å². The Labute approximate surface area is 63.1 Å². The van der Waals surface area contributed by atoms with Crippen LogP contribution in [-0.4, -0.2) is 42.4 Å². The number of hydrogen-bond acceptors (Lipinski definition) is 1. The average Bonchev–Trinajstić information content (AvgIpc) is 1.84. The Morgan fingerprint density at radius 3 is 2.30 bits per heavy atom. The molecule has 2 nitrogen and oxygen atoms in total. The largest absolute Gasteiger partial charge is 0.391 e. The van der Waals surface area contributed by atoms with Crippen LogP contribution in [0.3, 0.4) is 0 Å². The first-order chi connectivity index (χ1) is 4.83. The molecule has 0 atom stereocenters. The molecule has 1 N–H and O–H groups in total. The number of aliphatic hydroxyl groups excluding tert-OH is 1. The van der Waals surface area contributed by atoms with Crippen molar-refractivity contribution in [1.29, 1.82) is 0 Å². The maximum absolute atomic E-state index is 8.78. The zero-order valence-electron chi connectivity index (χ0n) is 6.84. The molecule has 1 saturated heterocycles. The molecule has 0 aromatic rings. The number of rotatable bonds is 4. The van der Waals surface area contributed by atoms with E-state index < -0.39 is 0 Å². The van der Waals surface area contributed by atoms with Gasteiger partial charge in [-0.25, -0.2) is 0 Å². The molecule has 0 saturated carbocycles. The number of likely N-dealkylation sites (tertiary alicyclic amines) is 1. The van der Waals surface area contributed by atoms with Gasteiger partial charge in [0, 0.05) is 6.42 Å². The Morgan fingerprint density at radius 2 is 2.00 bits per heavy atom. The molecule has 0 aromatic heterocycles. The molecule has 0 radical (unpaired) electrons. The van der Waals surface area contributed by atoms with E-state index >= 15 is 0 Å². The molecule has 0 spiro atoms. The summed E-state index contributed by atoms with van der Waals surface area (Å²) in [6.45, 7) is 7.42. The fourth-order valence-corrected chi connectivity index (χ4v) is 1.85. The minimum Gasteiger partial charge on any atom is -0.391 e. The summed E-state index contributed by atoms with van der Waals surface area (Å²) in [6, 6.07) is 0. The van der Waals surface area contributed by atoms with Crippen molar-refractivity contribution in [3.05, 3.63) is 0 Å². The second kappa shape index (κ2) is 3.35. The number of hydrogen-bond donors (Lipinski definition) is 1. The second-order valence-electron chi connectivity index (χ2n) is 3.31. The molecule has 1 aliphatic rings. The van der Waals surface area contributed by atoms with Crippen molar-refractivity contribution < 1.29 is 9.59 Å². The first-order valence-corrected chi connectivity index (χ1v) is 4.29. The van der Waals surface area contributed by atoms with E-state index in [1.54, 1.807) is 0 Å². The molecule has 1 fully saturated rings. The minimum atomic E-state index is 0.361. The van der Waals surface area contributed by atoms with Gasteiger partial charge in [0.15, 0.2) is 0 Å². The lowest BCUT2D eigenvalue weighted by Gasteiger charge is -2.45. The highest BCUT2D eigenvalue weighted by Gasteiger charge is 2.33. The fraction of sp³-hybridized carbons (Fsp3) is 1.00. The van der Waals surface area contributed by atoms with Crippen LogP contribution in [0.4, 0.5) is 0 Å². The number of quaternary nitrogens is 1. The van der Waals surface area contributed by atoms with Crippen LogP contribution in [-0.2, 0) is 0 Å². The average molecular weight is 144 g/mol. The summed E-state index contributed by atoms with van der Waals surface area (Å²) in [5.74, 6) is 0. The van der Waals surface area contributed by atoms with Gasteiger partial charge in [0.25, 0.3) is 0 Å². The molecule has 2 heteroatoms. The van der Waals surface area contributed by atoms with Crippen LogP contribution >= 0.6 is 0 Å². The molecule has 10 heavy (non-hydrogen) atoms. The topological polar surface area (TPSA) is 20.2 Å². The third-order valence-electron chi connectivity index (χ3n) is 2.54. The smallest absolute Gasteiger partial charge is 0.102 e. The Balaban J connectivity index is 2.27. The lowest BCUT2D eigenvalue weighted by Crippen LogP contribution is -2.59. The molecule has 0 amide bonds. The van der Waals surface area contributed by atoms with Crippen molar-refractivity contribution >= 4 is 0 Å². The van der Waals surface area contributed by atoms with Crippen molar-refractivity contribution in [3.63, 3.8) is 0 Å². The van der Waals surface area contributed by atoms with Gasteiger partial charge >= 0.3 is 0 Å². The summed E-state index contributed by atoms with van der Waals surface area (Å²) in [6.07, 6.45) is 2.61. The lowest BCUT2D eigenvalue weighted by atomic mass is 10.1. The molecule has 1 rings (SSSR count). The molecular weight excluding hydrogens is 126 g/mol. The van der Waals surface area contributed by atoms with Crippen LogP contribution in [0, 0.1) is 0 Å². The standard InChI is InChI=1S/C8H18NO/c1-2-4-9(7-8-10)5-3-6-9/h10H,2-8H2,1H3/q+1. The highest BCUT2D eigenvalue weighted by Crippen LogP contribution is 2.19. The van der Waals surface area contributed by atoms with Crippen molar-refractivity contribution in [2.45, 2.75) is 19.8 Å². The summed E-state index contributed by atoms with van der Waals surface area (Å²) in [5, 5.41) is 8.78. The van der Waals surface area contributed by atoms with Gasteiger partial charge in [0.05, 0.1) is 26.2 Å². The summed E-state index contributed by atoms with van der Waals surface area (Å²) in [4.78, 5) is 0. The maximum atomic E-state index is 8.78.